The maximum atomic E-state index is 13.1. The molecule has 34 heavy (non-hydrogen) atoms. The van der Waals surface area contributed by atoms with E-state index in [4.69, 9.17) is 10.5 Å². The normalized spacial score (nSPS) is 12.6. The first-order valence-corrected chi connectivity index (χ1v) is 10.8. The van der Waals surface area contributed by atoms with Crippen LogP contribution in [0, 0.1) is 0 Å². The molecule has 2 aromatic heterocycles. The number of hydrogen-bond donors (Lipinski definition) is 2. The molecule has 0 saturated heterocycles. The van der Waals surface area contributed by atoms with Crippen molar-refractivity contribution in [3.8, 4) is 22.9 Å². The summed E-state index contributed by atoms with van der Waals surface area (Å²) in [7, 11) is 1.33. The molecule has 0 unspecified atom stereocenters. The summed E-state index contributed by atoms with van der Waals surface area (Å²) in [6.07, 6.45) is -4.57. The van der Waals surface area contributed by atoms with Crippen LogP contribution in [0.25, 0.3) is 27.9 Å². The summed E-state index contributed by atoms with van der Waals surface area (Å²) >= 11 is 3.44. The van der Waals surface area contributed by atoms with E-state index in [1.807, 2.05) is 0 Å². The molecule has 0 spiro atoms. The Kier molecular flexibility index (Phi) is 6.21. The van der Waals surface area contributed by atoms with E-state index in [2.05, 4.69) is 41.1 Å². The zero-order valence-electron chi connectivity index (χ0n) is 17.9. The highest BCUT2D eigenvalue weighted by Crippen LogP contribution is 2.36. The Hall–Kier alpha value is -3.61. The van der Waals surface area contributed by atoms with Crippen molar-refractivity contribution in [2.24, 2.45) is 5.73 Å². The molecule has 9 nitrogen and oxygen atoms in total. The third kappa shape index (κ3) is 4.55. The van der Waals surface area contributed by atoms with Crippen LogP contribution in [0.5, 0.6) is 11.5 Å². The first-order valence-electron chi connectivity index (χ1n) is 9.96. The first-order chi connectivity index (χ1) is 16.1. The number of methoxy groups -OCH3 is 1. The number of primary amides is 1. The highest BCUT2D eigenvalue weighted by Gasteiger charge is 2.33. The van der Waals surface area contributed by atoms with E-state index in [0.29, 0.717) is 27.4 Å². The average Bonchev–Trinajstić information content (AvgIpc) is 3.22. The monoisotopic (exact) mass is 538 g/mol. The number of ether oxygens (including phenoxy) is 2. The lowest BCUT2D eigenvalue weighted by molar-refractivity contribution is -0.274. The summed E-state index contributed by atoms with van der Waals surface area (Å²) in [5.41, 5.74) is 6.26. The fraction of sp³-hybridized carbons (Fsp3) is 0.238. The molecule has 1 amide bonds. The van der Waals surface area contributed by atoms with Crippen LogP contribution >= 0.6 is 15.9 Å². The second-order valence-corrected chi connectivity index (χ2v) is 8.01. The van der Waals surface area contributed by atoms with Crippen molar-refractivity contribution in [1.82, 2.24) is 19.6 Å². The van der Waals surface area contributed by atoms with Gasteiger partial charge in [0, 0.05) is 15.9 Å². The Balaban J connectivity index is 1.97. The van der Waals surface area contributed by atoms with E-state index in [1.54, 1.807) is 25.1 Å². The summed E-state index contributed by atoms with van der Waals surface area (Å²) < 4.78 is 50.4. The quantitative estimate of drug-likeness (QED) is 0.360. The fourth-order valence-electron chi connectivity index (χ4n) is 3.36. The topological polar surface area (TPSA) is 117 Å². The van der Waals surface area contributed by atoms with Gasteiger partial charge in [0.2, 0.25) is 11.9 Å². The highest BCUT2D eigenvalue weighted by atomic mass is 79.9. The zero-order chi connectivity index (χ0) is 24.6. The Labute approximate surface area is 199 Å². The van der Waals surface area contributed by atoms with E-state index < -0.39 is 24.1 Å². The van der Waals surface area contributed by atoms with Crippen LogP contribution in [0.3, 0.4) is 0 Å². The molecular formula is C21H18BrF3N6O3. The molecule has 13 heteroatoms. The number of hydrogen-bond acceptors (Lipinski definition) is 7. The minimum atomic E-state index is -4.94. The molecule has 178 valence electrons. The maximum Gasteiger partial charge on any atom is 0.573 e. The Bertz CT molecular complexity index is 1390. The molecule has 0 aliphatic carbocycles. The molecular weight excluding hydrogens is 521 g/mol. The SMILES string of the molecule is CC[C@@H](Nc1nc2c(Br)cccc2c2nc(-c3ccc(OC)cc3OC(F)(F)F)nn12)C(N)=O. The van der Waals surface area contributed by atoms with Crippen molar-refractivity contribution in [2.75, 3.05) is 12.4 Å². The molecule has 0 bridgehead atoms. The predicted molar refractivity (Wildman–Crippen MR) is 122 cm³/mol. The number of amides is 1. The van der Waals surface area contributed by atoms with Gasteiger partial charge in [-0.3, -0.25) is 4.79 Å². The lowest BCUT2D eigenvalue weighted by atomic mass is 10.2. The Morgan fingerprint density at radius 2 is 2.03 bits per heavy atom. The minimum Gasteiger partial charge on any atom is -0.497 e. The van der Waals surface area contributed by atoms with Crippen molar-refractivity contribution in [3.05, 3.63) is 40.9 Å². The average molecular weight is 539 g/mol. The van der Waals surface area contributed by atoms with Crippen molar-refractivity contribution in [3.63, 3.8) is 0 Å². The van der Waals surface area contributed by atoms with Crippen LogP contribution in [0.1, 0.15) is 13.3 Å². The molecule has 2 heterocycles. The highest BCUT2D eigenvalue weighted by molar-refractivity contribution is 9.10. The van der Waals surface area contributed by atoms with Gasteiger partial charge in [0.15, 0.2) is 11.5 Å². The molecule has 0 fully saturated rings. The maximum absolute atomic E-state index is 13.1. The van der Waals surface area contributed by atoms with Gasteiger partial charge < -0.3 is 20.5 Å². The van der Waals surface area contributed by atoms with Gasteiger partial charge in [-0.15, -0.1) is 18.3 Å². The second-order valence-electron chi connectivity index (χ2n) is 7.16. The third-order valence-corrected chi connectivity index (χ3v) is 5.60. The number of carbonyl (C=O) groups is 1. The summed E-state index contributed by atoms with van der Waals surface area (Å²) in [6, 6.07) is 8.46. The van der Waals surface area contributed by atoms with Gasteiger partial charge in [-0.25, -0.2) is 9.97 Å². The molecule has 1 atom stereocenters. The summed E-state index contributed by atoms with van der Waals surface area (Å²) in [5, 5.41) is 7.91. The van der Waals surface area contributed by atoms with E-state index in [9.17, 15) is 18.0 Å². The number of nitrogens with one attached hydrogen (secondary N) is 1. The van der Waals surface area contributed by atoms with Crippen LogP contribution in [0.4, 0.5) is 19.1 Å². The summed E-state index contributed by atoms with van der Waals surface area (Å²) in [6.45, 7) is 1.77. The lowest BCUT2D eigenvalue weighted by Crippen LogP contribution is -2.35. The standard InChI is InChI=1S/C21H18BrF3N6O3/c1-3-14(17(26)32)27-20-28-16-12(5-4-6-13(16)22)19-29-18(30-31(19)20)11-8-7-10(33-2)9-15(11)34-21(23,24)25/h4-9,14H,3H2,1-2H3,(H2,26,32)(H,27,28)/t14-/m1/s1. The number of rotatable bonds is 7. The van der Waals surface area contributed by atoms with E-state index in [-0.39, 0.29) is 23.1 Å². The summed E-state index contributed by atoms with van der Waals surface area (Å²) in [4.78, 5) is 20.8. The number of aromatic nitrogens is 4. The van der Waals surface area contributed by atoms with E-state index in [0.717, 1.165) is 6.07 Å². The van der Waals surface area contributed by atoms with Crippen LogP contribution in [0.2, 0.25) is 0 Å². The van der Waals surface area contributed by atoms with Crippen molar-refractivity contribution < 1.29 is 27.4 Å². The largest absolute Gasteiger partial charge is 0.573 e. The van der Waals surface area contributed by atoms with Crippen LogP contribution in [-0.2, 0) is 4.79 Å². The number of fused-ring (bicyclic) bond motifs is 3. The van der Waals surface area contributed by atoms with Crippen molar-refractivity contribution >= 4 is 44.3 Å². The van der Waals surface area contributed by atoms with Gasteiger partial charge in [0.05, 0.1) is 18.2 Å². The third-order valence-electron chi connectivity index (χ3n) is 4.96. The van der Waals surface area contributed by atoms with Crippen LogP contribution in [0.15, 0.2) is 40.9 Å². The number of para-hydroxylation sites is 1. The number of benzene rings is 2. The number of halogens is 4. The van der Waals surface area contributed by atoms with Crippen LogP contribution in [-0.4, -0.2) is 45.0 Å². The van der Waals surface area contributed by atoms with Gasteiger partial charge in [0.1, 0.15) is 17.5 Å². The van der Waals surface area contributed by atoms with Gasteiger partial charge in [-0.2, -0.15) is 4.52 Å². The molecule has 4 rings (SSSR count). The molecule has 2 aromatic carbocycles. The molecule has 0 radical (unpaired) electrons. The van der Waals surface area contributed by atoms with Crippen molar-refractivity contribution in [2.45, 2.75) is 25.7 Å². The molecule has 0 aliphatic rings. The Morgan fingerprint density at radius 3 is 2.68 bits per heavy atom. The lowest BCUT2D eigenvalue weighted by Gasteiger charge is -2.15. The minimum absolute atomic E-state index is 0.0159. The number of alkyl halides is 3. The van der Waals surface area contributed by atoms with Gasteiger partial charge in [-0.05, 0) is 46.6 Å². The summed E-state index contributed by atoms with van der Waals surface area (Å²) in [5.74, 6) is -0.866. The zero-order valence-corrected chi connectivity index (χ0v) is 19.4. The molecule has 3 N–H and O–H groups in total. The number of anilines is 1. The number of nitrogens with two attached hydrogens (primary N) is 1. The van der Waals surface area contributed by atoms with Crippen molar-refractivity contribution in [1.29, 1.82) is 0 Å². The first kappa shape index (κ1) is 23.5. The second kappa shape index (κ2) is 8.97. The Morgan fingerprint density at radius 1 is 1.26 bits per heavy atom. The van der Waals surface area contributed by atoms with E-state index >= 15 is 0 Å². The van der Waals surface area contributed by atoms with Gasteiger partial charge in [0.25, 0.3) is 0 Å². The number of nitrogens with zero attached hydrogens (tertiary/aromatic N) is 4. The number of carbonyl (C=O) groups excluding carboxylic acids is 1. The molecule has 0 saturated carbocycles. The van der Waals surface area contributed by atoms with E-state index in [1.165, 1.54) is 23.8 Å². The predicted octanol–water partition coefficient (Wildman–Crippen LogP) is 4.29. The fourth-order valence-corrected chi connectivity index (χ4v) is 3.81. The van der Waals surface area contributed by atoms with Gasteiger partial charge >= 0.3 is 6.36 Å². The van der Waals surface area contributed by atoms with Gasteiger partial charge in [-0.1, -0.05) is 13.0 Å². The molecule has 4 aromatic rings. The van der Waals surface area contributed by atoms with Crippen LogP contribution < -0.4 is 20.5 Å². The smallest absolute Gasteiger partial charge is 0.497 e. The molecule has 0 aliphatic heterocycles.